The summed E-state index contributed by atoms with van der Waals surface area (Å²) >= 11 is 0. The fourth-order valence-electron chi connectivity index (χ4n) is 0.749. The predicted molar refractivity (Wildman–Crippen MR) is 37.1 cm³/mol. The van der Waals surface area contributed by atoms with E-state index in [2.05, 4.69) is 19.9 Å². The Labute approximate surface area is 58.1 Å². The molecule has 0 spiro atoms. The molecule has 2 aromatic rings. The third-order valence-corrected chi connectivity index (χ3v) is 1.19. The van der Waals surface area contributed by atoms with Crippen LogP contribution in [0.15, 0.2) is 12.5 Å². The lowest BCUT2D eigenvalue weighted by Gasteiger charge is -1.88. The number of hydrogen-bond acceptors (Lipinski definition) is 3. The molecule has 4 nitrogen and oxygen atoms in total. The van der Waals surface area contributed by atoms with Gasteiger partial charge in [-0.3, -0.25) is 4.98 Å². The Morgan fingerprint density at radius 1 is 1.40 bits per heavy atom. The van der Waals surface area contributed by atoms with Gasteiger partial charge in [0.1, 0.15) is 5.52 Å². The fourth-order valence-corrected chi connectivity index (χ4v) is 0.749. The Bertz CT molecular complexity index is 355. The Morgan fingerprint density at radius 2 is 2.30 bits per heavy atom. The van der Waals surface area contributed by atoms with E-state index in [4.69, 9.17) is 7.85 Å². The second-order valence-corrected chi connectivity index (χ2v) is 1.87. The average Bonchev–Trinajstić information content (AvgIpc) is 2.33. The molecule has 0 aromatic carbocycles. The zero-order valence-corrected chi connectivity index (χ0v) is 5.07. The molecule has 0 aliphatic rings. The highest BCUT2D eigenvalue weighted by molar-refractivity contribution is 6.29. The molecule has 10 heavy (non-hydrogen) atoms. The Balaban J connectivity index is 2.86. The Morgan fingerprint density at radius 3 is 3.20 bits per heavy atom. The van der Waals surface area contributed by atoms with Crippen LogP contribution in [0.5, 0.6) is 0 Å². The van der Waals surface area contributed by atoms with Crippen molar-refractivity contribution < 1.29 is 0 Å². The van der Waals surface area contributed by atoms with Gasteiger partial charge in [-0.2, -0.15) is 0 Å². The first kappa shape index (κ1) is 5.40. The number of fused-ring (bicyclic) bond motifs is 1. The number of nitrogens with one attached hydrogen (secondary N) is 1. The smallest absolute Gasteiger partial charge is 0.179 e. The van der Waals surface area contributed by atoms with Gasteiger partial charge in [-0.25, -0.2) is 9.97 Å². The summed E-state index contributed by atoms with van der Waals surface area (Å²) in [6, 6.07) is 0. The molecule has 2 heterocycles. The second-order valence-electron chi connectivity index (χ2n) is 1.87. The van der Waals surface area contributed by atoms with Gasteiger partial charge in [0.05, 0.1) is 18.2 Å². The average molecular weight is 130 g/mol. The molecule has 0 amide bonds. The summed E-state index contributed by atoms with van der Waals surface area (Å²) in [5, 5.41) is 0. The first-order valence-corrected chi connectivity index (χ1v) is 2.78. The van der Waals surface area contributed by atoms with Crippen LogP contribution in [0.4, 0.5) is 0 Å². The lowest BCUT2D eigenvalue weighted by atomic mass is 10.1. The lowest BCUT2D eigenvalue weighted by Crippen LogP contribution is -2.11. The van der Waals surface area contributed by atoms with E-state index in [0.717, 1.165) is 5.52 Å². The van der Waals surface area contributed by atoms with Gasteiger partial charge in [0.15, 0.2) is 13.5 Å². The first-order valence-electron chi connectivity index (χ1n) is 2.78. The quantitative estimate of drug-likeness (QED) is 0.472. The molecule has 0 saturated carbocycles. The van der Waals surface area contributed by atoms with Crippen LogP contribution >= 0.6 is 0 Å². The molecule has 0 fully saturated rings. The van der Waals surface area contributed by atoms with Crippen LogP contribution in [0, 0.1) is 0 Å². The predicted octanol–water partition coefficient (Wildman–Crippen LogP) is -0.853. The molecule has 0 aliphatic carbocycles. The fraction of sp³-hybridized carbons (Fsp3) is 0. The maximum absolute atomic E-state index is 5.31. The number of rotatable bonds is 0. The molecule has 0 atom stereocenters. The minimum absolute atomic E-state index is 0.250. The van der Waals surface area contributed by atoms with Crippen molar-refractivity contribution >= 4 is 24.7 Å². The molecule has 46 valence electrons. The Hall–Kier alpha value is -1.39. The minimum atomic E-state index is 0.250. The monoisotopic (exact) mass is 130 g/mol. The van der Waals surface area contributed by atoms with Gasteiger partial charge in [0, 0.05) is 0 Å². The van der Waals surface area contributed by atoms with E-state index in [0.29, 0.717) is 5.65 Å². The van der Waals surface area contributed by atoms with Crippen LogP contribution in [-0.2, 0) is 0 Å². The van der Waals surface area contributed by atoms with Gasteiger partial charge in [0.2, 0.25) is 0 Å². The number of imidazole rings is 1. The number of nitrogens with zero attached hydrogens (tertiary/aromatic N) is 3. The van der Waals surface area contributed by atoms with Crippen LogP contribution in [0.2, 0.25) is 0 Å². The molecule has 2 rings (SSSR count). The van der Waals surface area contributed by atoms with Crippen molar-refractivity contribution in [2.24, 2.45) is 0 Å². The van der Waals surface area contributed by atoms with Gasteiger partial charge >= 0.3 is 0 Å². The summed E-state index contributed by atoms with van der Waals surface area (Å²) in [4.78, 5) is 14.4. The van der Waals surface area contributed by atoms with Crippen LogP contribution < -0.4 is 5.72 Å². The van der Waals surface area contributed by atoms with E-state index in [1.165, 1.54) is 0 Å². The van der Waals surface area contributed by atoms with Crippen LogP contribution in [0.25, 0.3) is 11.2 Å². The SMILES string of the molecule is [B]c1ncc2[nH]cnc2n1. The largest absolute Gasteiger partial charge is 0.342 e. The van der Waals surface area contributed by atoms with Crippen molar-refractivity contribution in [1.29, 1.82) is 0 Å². The van der Waals surface area contributed by atoms with Crippen molar-refractivity contribution in [3.05, 3.63) is 12.5 Å². The van der Waals surface area contributed by atoms with Crippen molar-refractivity contribution in [3.8, 4) is 0 Å². The topological polar surface area (TPSA) is 54.5 Å². The molecule has 0 saturated heterocycles. The van der Waals surface area contributed by atoms with Crippen LogP contribution in [0.1, 0.15) is 0 Å². The molecule has 0 unspecified atom stereocenters. The number of hydrogen-bond donors (Lipinski definition) is 1. The van der Waals surface area contributed by atoms with E-state index in [1.807, 2.05) is 0 Å². The minimum Gasteiger partial charge on any atom is -0.342 e. The molecule has 2 aromatic heterocycles. The molecule has 0 bridgehead atoms. The first-order chi connectivity index (χ1) is 4.86. The van der Waals surface area contributed by atoms with E-state index < -0.39 is 0 Å². The van der Waals surface area contributed by atoms with E-state index in [1.54, 1.807) is 12.5 Å². The van der Waals surface area contributed by atoms with Crippen LogP contribution in [0.3, 0.4) is 0 Å². The number of H-pyrrole nitrogens is 1. The normalized spacial score (nSPS) is 10.4. The van der Waals surface area contributed by atoms with E-state index in [9.17, 15) is 0 Å². The summed E-state index contributed by atoms with van der Waals surface area (Å²) in [5.74, 6) is 0. The van der Waals surface area contributed by atoms with Gasteiger partial charge < -0.3 is 4.98 Å². The zero-order chi connectivity index (χ0) is 6.97. The maximum atomic E-state index is 5.31. The molecular weight excluding hydrogens is 127 g/mol. The summed E-state index contributed by atoms with van der Waals surface area (Å²) in [6.45, 7) is 0. The van der Waals surface area contributed by atoms with Crippen LogP contribution in [-0.4, -0.2) is 27.8 Å². The molecule has 0 aliphatic heterocycles. The third kappa shape index (κ3) is 0.672. The zero-order valence-electron chi connectivity index (χ0n) is 5.07. The maximum Gasteiger partial charge on any atom is 0.179 e. The van der Waals surface area contributed by atoms with Crippen molar-refractivity contribution in [1.82, 2.24) is 19.9 Å². The van der Waals surface area contributed by atoms with Gasteiger partial charge in [-0.05, 0) is 0 Å². The number of aromatic amines is 1. The summed E-state index contributed by atoms with van der Waals surface area (Å²) in [7, 11) is 5.31. The molecule has 2 radical (unpaired) electrons. The molecular formula is C5H3BN4. The number of aromatic nitrogens is 4. The summed E-state index contributed by atoms with van der Waals surface area (Å²) in [6.07, 6.45) is 3.16. The lowest BCUT2D eigenvalue weighted by molar-refractivity contribution is 1.27. The second kappa shape index (κ2) is 1.80. The Kier molecular flexibility index (Phi) is 0.971. The third-order valence-electron chi connectivity index (χ3n) is 1.19. The van der Waals surface area contributed by atoms with E-state index in [-0.39, 0.29) is 5.72 Å². The van der Waals surface area contributed by atoms with E-state index >= 15 is 0 Å². The highest BCUT2D eigenvalue weighted by Gasteiger charge is 1.95. The molecule has 5 heteroatoms. The van der Waals surface area contributed by atoms with Crippen molar-refractivity contribution in [3.63, 3.8) is 0 Å². The summed E-state index contributed by atoms with van der Waals surface area (Å²) in [5.41, 5.74) is 1.65. The highest BCUT2D eigenvalue weighted by atomic mass is 15.0. The van der Waals surface area contributed by atoms with Crippen molar-refractivity contribution in [2.75, 3.05) is 0 Å². The highest BCUT2D eigenvalue weighted by Crippen LogP contribution is 1.98. The van der Waals surface area contributed by atoms with Crippen molar-refractivity contribution in [2.45, 2.75) is 0 Å². The standard InChI is InChI=1S/C5H3BN4/c6-5-7-1-3-4(10-5)9-2-8-3/h1-2H,(H,7,8,9,10). The summed E-state index contributed by atoms with van der Waals surface area (Å²) < 4.78 is 0. The van der Waals surface area contributed by atoms with Gasteiger partial charge in [0.25, 0.3) is 0 Å². The van der Waals surface area contributed by atoms with Gasteiger partial charge in [-0.15, -0.1) is 0 Å². The van der Waals surface area contributed by atoms with Gasteiger partial charge in [-0.1, -0.05) is 0 Å². The molecule has 1 N–H and O–H groups in total.